The Morgan fingerprint density at radius 3 is 2.51 bits per heavy atom. The first kappa shape index (κ1) is 26.8. The Balaban J connectivity index is 1.56. The van der Waals surface area contributed by atoms with E-state index in [1.165, 1.54) is 16.7 Å². The van der Waals surface area contributed by atoms with Gasteiger partial charge in [-0.25, -0.2) is 8.93 Å². The molecule has 1 aliphatic carbocycles. The number of phenols is 1. The minimum Gasteiger partial charge on any atom is -0.508 e. The number of aromatic hydroxyl groups is 1. The van der Waals surface area contributed by atoms with Crippen molar-refractivity contribution < 1.29 is 9.32 Å². The smallest absolute Gasteiger partial charge is 0.115 e. The summed E-state index contributed by atoms with van der Waals surface area (Å²) in [6, 6.07) is 18.3. The van der Waals surface area contributed by atoms with E-state index in [4.69, 9.17) is 0 Å². The maximum absolute atomic E-state index is 13.2. The zero-order valence-electron chi connectivity index (χ0n) is 22.2. The number of hydrogen-bond donors (Lipinski definition) is 3. The Labute approximate surface area is 222 Å². The molecule has 3 aromatic carbocycles. The molecule has 0 saturated carbocycles. The molecule has 194 valence electrons. The molecular weight excluding hydrogens is 476 g/mol. The van der Waals surface area contributed by atoms with Crippen molar-refractivity contribution in [3.63, 3.8) is 0 Å². The fourth-order valence-electron chi connectivity index (χ4n) is 5.28. The molecule has 0 amide bonds. The number of hydrogen-bond acceptors (Lipinski definition) is 3. The van der Waals surface area contributed by atoms with Crippen molar-refractivity contribution in [1.82, 2.24) is 10.0 Å². The minimum atomic E-state index is -2.59. The molecule has 4 rings (SSSR count). The van der Waals surface area contributed by atoms with Crippen LogP contribution in [0.3, 0.4) is 0 Å². The maximum Gasteiger partial charge on any atom is 0.115 e. The van der Waals surface area contributed by atoms with E-state index in [1.807, 2.05) is 32.0 Å². The van der Waals surface area contributed by atoms with Crippen LogP contribution in [0.5, 0.6) is 5.75 Å². The van der Waals surface area contributed by atoms with Gasteiger partial charge in [0, 0.05) is 29.6 Å². The van der Waals surface area contributed by atoms with Crippen LogP contribution in [0, 0.1) is 13.8 Å². The summed E-state index contributed by atoms with van der Waals surface area (Å²) in [5.41, 5.74) is 10.3. The van der Waals surface area contributed by atoms with Gasteiger partial charge in [-0.2, -0.15) is 0 Å². The van der Waals surface area contributed by atoms with Gasteiger partial charge in [0.25, 0.3) is 0 Å². The van der Waals surface area contributed by atoms with Gasteiger partial charge in [0.05, 0.1) is 9.71 Å². The van der Waals surface area contributed by atoms with Crippen molar-refractivity contribution in [3.8, 4) is 16.9 Å². The molecule has 0 spiro atoms. The van der Waals surface area contributed by atoms with Crippen molar-refractivity contribution in [3.05, 3.63) is 101 Å². The highest BCUT2D eigenvalue weighted by Crippen LogP contribution is 2.42. The highest BCUT2D eigenvalue weighted by atomic mass is 32.2. The van der Waals surface area contributed by atoms with Crippen molar-refractivity contribution in [2.24, 2.45) is 0 Å². The highest BCUT2D eigenvalue weighted by molar-refractivity contribution is 7.98. The van der Waals surface area contributed by atoms with Crippen molar-refractivity contribution >= 4 is 21.2 Å². The third-order valence-electron chi connectivity index (χ3n) is 7.21. The van der Waals surface area contributed by atoms with E-state index < -0.39 is 9.71 Å². The van der Waals surface area contributed by atoms with Gasteiger partial charge in [-0.3, -0.25) is 0 Å². The maximum atomic E-state index is 13.2. The van der Waals surface area contributed by atoms with E-state index in [1.54, 1.807) is 12.1 Å². The number of aryl methyl sites for hydroxylation is 3. The first-order chi connectivity index (χ1) is 17.6. The van der Waals surface area contributed by atoms with Gasteiger partial charge in [0.15, 0.2) is 0 Å². The molecular formula is C32H38N2O2S. The number of fused-ring (bicyclic) bond motifs is 1. The average molecular weight is 515 g/mol. The van der Waals surface area contributed by atoms with Crippen LogP contribution in [-0.2, 0) is 16.1 Å². The highest BCUT2D eigenvalue weighted by Gasteiger charge is 2.25. The molecule has 0 heterocycles. The number of nitrogens with one attached hydrogen (secondary N) is 2. The molecule has 1 aliphatic rings. The van der Waals surface area contributed by atoms with Crippen molar-refractivity contribution in [2.45, 2.75) is 50.8 Å². The summed E-state index contributed by atoms with van der Waals surface area (Å²) in [6.45, 7) is 15.5. The normalized spacial score (nSPS) is 16.5. The monoisotopic (exact) mass is 514 g/mol. The second-order valence-corrected chi connectivity index (χ2v) is 12.2. The zero-order valence-corrected chi connectivity index (χ0v) is 23.0. The van der Waals surface area contributed by atoms with Gasteiger partial charge >= 0.3 is 0 Å². The van der Waals surface area contributed by atoms with Gasteiger partial charge in [-0.05, 0) is 115 Å². The summed E-state index contributed by atoms with van der Waals surface area (Å²) in [4.78, 5) is 0.711. The summed E-state index contributed by atoms with van der Waals surface area (Å²) in [7, 11) is -2.59. The lowest BCUT2D eigenvalue weighted by Crippen LogP contribution is -2.31. The molecule has 0 bridgehead atoms. The third-order valence-corrected chi connectivity index (χ3v) is 8.90. The van der Waals surface area contributed by atoms with Gasteiger partial charge in [0.1, 0.15) is 5.75 Å². The van der Waals surface area contributed by atoms with Gasteiger partial charge < -0.3 is 10.4 Å². The predicted molar refractivity (Wildman–Crippen MR) is 159 cm³/mol. The van der Waals surface area contributed by atoms with E-state index in [-0.39, 0.29) is 11.7 Å². The minimum absolute atomic E-state index is 0.269. The molecule has 2 unspecified atom stereocenters. The molecule has 2 atom stereocenters. The molecule has 4 nitrogen and oxygen atoms in total. The van der Waals surface area contributed by atoms with Crippen LogP contribution in [0.1, 0.15) is 53.5 Å². The molecule has 37 heavy (non-hydrogen) atoms. The second-order valence-electron chi connectivity index (χ2n) is 10.1. The summed E-state index contributed by atoms with van der Waals surface area (Å²) in [5.74, 6) is 4.52. The first-order valence-electron chi connectivity index (χ1n) is 12.8. The van der Waals surface area contributed by atoms with E-state index in [0.29, 0.717) is 18.0 Å². The van der Waals surface area contributed by atoms with Crippen LogP contribution >= 0.6 is 0 Å². The summed E-state index contributed by atoms with van der Waals surface area (Å²) >= 11 is 0. The molecule has 0 saturated heterocycles. The van der Waals surface area contributed by atoms with E-state index in [2.05, 4.69) is 60.3 Å². The SMILES string of the molecule is C=C(C)NCCNS(=C)(=O)c1ccc(-c2ccc3c(c2)CCCC3C(=C)c2ccc(O)cc2C)c(C)c1. The second kappa shape index (κ2) is 11.0. The Morgan fingerprint density at radius 2 is 1.81 bits per heavy atom. The van der Waals surface area contributed by atoms with E-state index in [0.717, 1.165) is 52.8 Å². The van der Waals surface area contributed by atoms with E-state index in [9.17, 15) is 9.32 Å². The van der Waals surface area contributed by atoms with Gasteiger partial charge in [-0.15, -0.1) is 0 Å². The molecule has 0 aromatic heterocycles. The number of allylic oxidation sites excluding steroid dienone is 2. The lowest BCUT2D eigenvalue weighted by Gasteiger charge is -2.29. The summed E-state index contributed by atoms with van der Waals surface area (Å²) in [5, 5.41) is 13.0. The summed E-state index contributed by atoms with van der Waals surface area (Å²) < 4.78 is 16.3. The molecule has 3 N–H and O–H groups in total. The van der Waals surface area contributed by atoms with Crippen molar-refractivity contribution in [1.29, 1.82) is 0 Å². The molecule has 5 heteroatoms. The van der Waals surface area contributed by atoms with Crippen LogP contribution in [0.25, 0.3) is 16.7 Å². The van der Waals surface area contributed by atoms with Crippen LogP contribution in [-0.4, -0.2) is 28.3 Å². The Bertz CT molecular complexity index is 1450. The predicted octanol–water partition coefficient (Wildman–Crippen LogP) is 6.51. The number of rotatable bonds is 9. The fourth-order valence-corrected chi connectivity index (χ4v) is 6.53. The number of benzene rings is 3. The Hall–Kier alpha value is -3.28. The molecule has 0 fully saturated rings. The fraction of sp³-hybridized carbons (Fsp3) is 0.281. The van der Waals surface area contributed by atoms with Gasteiger partial charge in [0.2, 0.25) is 0 Å². The van der Waals surface area contributed by atoms with Crippen molar-refractivity contribution in [2.75, 3.05) is 13.1 Å². The number of phenolic OH excluding ortho intramolecular Hbond substituents is 1. The topological polar surface area (TPSA) is 61.4 Å². The van der Waals surface area contributed by atoms with E-state index >= 15 is 0 Å². The largest absolute Gasteiger partial charge is 0.508 e. The lowest BCUT2D eigenvalue weighted by atomic mass is 9.76. The molecule has 0 aliphatic heterocycles. The zero-order chi connectivity index (χ0) is 26.7. The summed E-state index contributed by atoms with van der Waals surface area (Å²) in [6.07, 6.45) is 3.24. The quantitative estimate of drug-likeness (QED) is 0.225. The first-order valence-corrected chi connectivity index (χ1v) is 14.5. The van der Waals surface area contributed by atoms with Crippen LogP contribution < -0.4 is 10.0 Å². The third kappa shape index (κ3) is 6.00. The average Bonchev–Trinajstić information content (AvgIpc) is 2.85. The van der Waals surface area contributed by atoms with Crippen LogP contribution in [0.2, 0.25) is 0 Å². The molecule has 3 aromatic rings. The van der Waals surface area contributed by atoms with Crippen LogP contribution in [0.4, 0.5) is 0 Å². The van der Waals surface area contributed by atoms with Crippen LogP contribution in [0.15, 0.2) is 78.3 Å². The van der Waals surface area contributed by atoms with Gasteiger partial charge in [-0.1, -0.05) is 43.5 Å². The molecule has 0 radical (unpaired) electrons. The lowest BCUT2D eigenvalue weighted by molar-refractivity contribution is 0.475. The Morgan fingerprint density at radius 1 is 1.03 bits per heavy atom. The standard InChI is InChI=1S/C32H38N2O2S/c1-21(2)33-16-17-34-37(6,36)28-12-15-30(23(4)19-28)26-10-13-32-25(20-26)8-7-9-31(32)24(5)29-14-11-27(35)18-22(29)3/h10-15,18-20,31,33,35H,1,5-9,16-17H2,2-4H3,(H,34,36). The Kier molecular flexibility index (Phi) is 7.96.